The summed E-state index contributed by atoms with van der Waals surface area (Å²) in [7, 11) is 1.91. The second kappa shape index (κ2) is 6.30. The van der Waals surface area contributed by atoms with E-state index in [9.17, 15) is 4.79 Å². The Balaban J connectivity index is 2.30. The van der Waals surface area contributed by atoms with Crippen LogP contribution in [0.15, 0.2) is 0 Å². The molecule has 1 saturated heterocycles. The summed E-state index contributed by atoms with van der Waals surface area (Å²) in [6.45, 7) is 2.80. The molecule has 1 rings (SSSR count). The highest BCUT2D eigenvalue weighted by molar-refractivity contribution is 7.98. The van der Waals surface area contributed by atoms with Crippen LogP contribution in [0.1, 0.15) is 12.8 Å². The lowest BCUT2D eigenvalue weighted by atomic mass is 9.98. The van der Waals surface area contributed by atoms with Crippen LogP contribution in [0, 0.1) is 5.92 Å². The van der Waals surface area contributed by atoms with Gasteiger partial charge in [-0.15, -0.1) is 0 Å². The smallest absolute Gasteiger partial charge is 0.226 e. The van der Waals surface area contributed by atoms with E-state index in [-0.39, 0.29) is 5.92 Å². The van der Waals surface area contributed by atoms with Gasteiger partial charge in [-0.05, 0) is 25.6 Å². The Morgan fingerprint density at radius 2 is 2.43 bits per heavy atom. The molecular weight excluding hydrogens is 196 g/mol. The summed E-state index contributed by atoms with van der Waals surface area (Å²) >= 11 is 1.78. The van der Waals surface area contributed by atoms with Gasteiger partial charge >= 0.3 is 0 Å². The Morgan fingerprint density at radius 1 is 1.64 bits per heavy atom. The Labute approximate surface area is 90.6 Å². The van der Waals surface area contributed by atoms with Crippen LogP contribution in [0.5, 0.6) is 0 Å². The second-order valence-electron chi connectivity index (χ2n) is 3.80. The van der Waals surface area contributed by atoms with E-state index in [0.717, 1.165) is 38.2 Å². The van der Waals surface area contributed by atoms with Crippen LogP contribution in [0.4, 0.5) is 0 Å². The van der Waals surface area contributed by atoms with Gasteiger partial charge in [0.2, 0.25) is 5.91 Å². The van der Waals surface area contributed by atoms with Crippen LogP contribution in [0.25, 0.3) is 0 Å². The Kier molecular flexibility index (Phi) is 5.33. The van der Waals surface area contributed by atoms with Crippen molar-refractivity contribution in [3.8, 4) is 0 Å². The molecule has 1 aliphatic heterocycles. The number of rotatable bonds is 4. The summed E-state index contributed by atoms with van der Waals surface area (Å²) in [5.41, 5.74) is 0. The van der Waals surface area contributed by atoms with Crippen LogP contribution in [-0.2, 0) is 4.79 Å². The molecule has 1 aliphatic rings. The minimum Gasteiger partial charge on any atom is -0.345 e. The largest absolute Gasteiger partial charge is 0.345 e. The number of hydrogen-bond acceptors (Lipinski definition) is 3. The Bertz CT molecular complexity index is 181. The van der Waals surface area contributed by atoms with Gasteiger partial charge in [-0.1, -0.05) is 0 Å². The van der Waals surface area contributed by atoms with Gasteiger partial charge in [0.1, 0.15) is 0 Å². The summed E-state index contributed by atoms with van der Waals surface area (Å²) in [5.74, 6) is 1.56. The van der Waals surface area contributed by atoms with Crippen LogP contribution < -0.4 is 5.32 Å². The van der Waals surface area contributed by atoms with Crippen molar-refractivity contribution in [3.05, 3.63) is 0 Å². The number of hydrogen-bond donors (Lipinski definition) is 1. The maximum atomic E-state index is 11.9. The van der Waals surface area contributed by atoms with E-state index in [0.29, 0.717) is 5.91 Å². The van der Waals surface area contributed by atoms with Crippen LogP contribution in [-0.4, -0.2) is 49.5 Å². The molecule has 1 N–H and O–H groups in total. The fourth-order valence-electron chi connectivity index (χ4n) is 1.71. The van der Waals surface area contributed by atoms with Gasteiger partial charge in [0.05, 0.1) is 5.92 Å². The number of amides is 1. The minimum absolute atomic E-state index is 0.218. The van der Waals surface area contributed by atoms with Gasteiger partial charge in [-0.3, -0.25) is 4.79 Å². The number of nitrogens with zero attached hydrogens (tertiary/aromatic N) is 1. The summed E-state index contributed by atoms with van der Waals surface area (Å²) in [6, 6.07) is 0. The first-order chi connectivity index (χ1) is 6.75. The minimum atomic E-state index is 0.218. The molecule has 0 aromatic carbocycles. The fourth-order valence-corrected chi connectivity index (χ4v) is 2.17. The van der Waals surface area contributed by atoms with Gasteiger partial charge in [0.25, 0.3) is 0 Å². The third-order valence-corrected chi connectivity index (χ3v) is 3.24. The molecule has 14 heavy (non-hydrogen) atoms. The molecule has 0 spiro atoms. The molecule has 0 aromatic heterocycles. The van der Waals surface area contributed by atoms with Gasteiger partial charge in [0.15, 0.2) is 0 Å². The van der Waals surface area contributed by atoms with E-state index in [1.807, 2.05) is 11.9 Å². The highest BCUT2D eigenvalue weighted by Gasteiger charge is 2.23. The molecule has 1 fully saturated rings. The molecule has 0 saturated carbocycles. The Morgan fingerprint density at radius 3 is 3.00 bits per heavy atom. The summed E-state index contributed by atoms with van der Waals surface area (Å²) in [4.78, 5) is 13.7. The highest BCUT2D eigenvalue weighted by atomic mass is 32.2. The van der Waals surface area contributed by atoms with Crippen molar-refractivity contribution in [1.29, 1.82) is 0 Å². The normalized spacial score (nSPS) is 22.0. The van der Waals surface area contributed by atoms with Gasteiger partial charge in [-0.2, -0.15) is 11.8 Å². The summed E-state index contributed by atoms with van der Waals surface area (Å²) < 4.78 is 0. The third-order valence-electron chi connectivity index (χ3n) is 2.65. The lowest BCUT2D eigenvalue weighted by molar-refractivity contribution is -0.134. The van der Waals surface area contributed by atoms with Crippen molar-refractivity contribution < 1.29 is 4.79 Å². The number of piperidine rings is 1. The molecule has 4 heteroatoms. The van der Waals surface area contributed by atoms with Crippen LogP contribution in [0.3, 0.4) is 0 Å². The molecule has 3 nitrogen and oxygen atoms in total. The average Bonchev–Trinajstić information content (AvgIpc) is 2.26. The third kappa shape index (κ3) is 3.50. The van der Waals surface area contributed by atoms with Crippen molar-refractivity contribution in [1.82, 2.24) is 10.2 Å². The SMILES string of the molecule is CSCCN(C)C(=O)[C@H]1CCCNC1. The van der Waals surface area contributed by atoms with Crippen LogP contribution >= 0.6 is 11.8 Å². The highest BCUT2D eigenvalue weighted by Crippen LogP contribution is 2.12. The first-order valence-corrected chi connectivity index (χ1v) is 6.59. The molecule has 0 aliphatic carbocycles. The fraction of sp³-hybridized carbons (Fsp3) is 0.900. The lowest BCUT2D eigenvalue weighted by Crippen LogP contribution is -2.42. The topological polar surface area (TPSA) is 32.3 Å². The van der Waals surface area contributed by atoms with Crippen LogP contribution in [0.2, 0.25) is 0 Å². The maximum absolute atomic E-state index is 11.9. The molecule has 0 radical (unpaired) electrons. The predicted molar refractivity (Wildman–Crippen MR) is 61.6 cm³/mol. The van der Waals surface area contributed by atoms with Gasteiger partial charge in [-0.25, -0.2) is 0 Å². The predicted octanol–water partition coefficient (Wildman–Crippen LogP) is 0.807. The zero-order valence-corrected chi connectivity index (χ0v) is 9.90. The number of carbonyl (C=O) groups excluding carboxylic acids is 1. The Hall–Kier alpha value is -0.220. The molecule has 1 atom stereocenters. The van der Waals surface area contributed by atoms with Crippen molar-refractivity contribution in [2.45, 2.75) is 12.8 Å². The standard InChI is InChI=1S/C10H20N2OS/c1-12(6-7-14-2)10(13)9-4-3-5-11-8-9/h9,11H,3-8H2,1-2H3/t9-/m0/s1. The first kappa shape index (κ1) is 11.9. The van der Waals surface area contributed by atoms with Crippen molar-refractivity contribution in [2.75, 3.05) is 38.7 Å². The van der Waals surface area contributed by atoms with Gasteiger partial charge in [0, 0.05) is 25.9 Å². The van der Waals surface area contributed by atoms with E-state index in [1.54, 1.807) is 11.8 Å². The molecule has 0 bridgehead atoms. The number of nitrogens with one attached hydrogen (secondary N) is 1. The monoisotopic (exact) mass is 216 g/mol. The molecule has 1 amide bonds. The molecule has 0 aromatic rings. The summed E-state index contributed by atoms with van der Waals surface area (Å²) in [5, 5.41) is 3.27. The zero-order valence-electron chi connectivity index (χ0n) is 9.08. The van der Waals surface area contributed by atoms with E-state index in [2.05, 4.69) is 11.6 Å². The van der Waals surface area contributed by atoms with E-state index < -0.39 is 0 Å². The van der Waals surface area contributed by atoms with E-state index >= 15 is 0 Å². The average molecular weight is 216 g/mol. The van der Waals surface area contributed by atoms with Gasteiger partial charge < -0.3 is 10.2 Å². The molecule has 82 valence electrons. The number of thioether (sulfide) groups is 1. The molecular formula is C10H20N2OS. The number of carbonyl (C=O) groups is 1. The molecule has 0 unspecified atom stereocenters. The molecule has 1 heterocycles. The quantitative estimate of drug-likeness (QED) is 0.755. The van der Waals surface area contributed by atoms with Crippen molar-refractivity contribution in [2.24, 2.45) is 5.92 Å². The van der Waals surface area contributed by atoms with Crippen molar-refractivity contribution >= 4 is 17.7 Å². The van der Waals surface area contributed by atoms with E-state index in [4.69, 9.17) is 0 Å². The first-order valence-electron chi connectivity index (χ1n) is 5.20. The zero-order chi connectivity index (χ0) is 10.4. The van der Waals surface area contributed by atoms with Crippen molar-refractivity contribution in [3.63, 3.8) is 0 Å². The second-order valence-corrected chi connectivity index (χ2v) is 4.78. The lowest BCUT2D eigenvalue weighted by Gasteiger charge is -2.26. The van der Waals surface area contributed by atoms with E-state index in [1.165, 1.54) is 0 Å². The maximum Gasteiger partial charge on any atom is 0.226 e. The summed E-state index contributed by atoms with van der Waals surface area (Å²) in [6.07, 6.45) is 4.25.